The van der Waals surface area contributed by atoms with E-state index in [-0.39, 0.29) is 23.2 Å². The van der Waals surface area contributed by atoms with Crippen molar-refractivity contribution in [2.75, 3.05) is 24.6 Å². The molecule has 9 heteroatoms. The zero-order valence-corrected chi connectivity index (χ0v) is 28.2. The first kappa shape index (κ1) is 32.4. The van der Waals surface area contributed by atoms with Gasteiger partial charge in [-0.05, 0) is 97.2 Å². The van der Waals surface area contributed by atoms with Crippen LogP contribution in [-0.2, 0) is 21.9 Å². The number of aliphatic hydroxyl groups excluding tert-OH is 1. The fourth-order valence-electron chi connectivity index (χ4n) is 7.66. The van der Waals surface area contributed by atoms with Crippen LogP contribution in [0.5, 0.6) is 5.75 Å². The molecule has 2 aromatic carbocycles. The van der Waals surface area contributed by atoms with Crippen LogP contribution in [0, 0.1) is 23.7 Å². The number of hydrogen-bond donors (Lipinski definition) is 2. The van der Waals surface area contributed by atoms with Gasteiger partial charge in [0.05, 0.1) is 23.6 Å². The number of fused-ring (bicyclic) bond motifs is 2. The molecule has 0 radical (unpaired) electrons. The van der Waals surface area contributed by atoms with E-state index in [1.54, 1.807) is 18.2 Å². The number of nitrogens with zero attached hydrogens (tertiary/aromatic N) is 1. The van der Waals surface area contributed by atoms with Gasteiger partial charge in [0.15, 0.2) is 0 Å². The second kappa shape index (κ2) is 12.9. The van der Waals surface area contributed by atoms with Crippen molar-refractivity contribution in [3.63, 3.8) is 0 Å². The highest BCUT2D eigenvalue weighted by Gasteiger charge is 2.42. The summed E-state index contributed by atoms with van der Waals surface area (Å²) in [4.78, 5) is 15.9. The average Bonchev–Trinajstić information content (AvgIpc) is 3.81. The number of benzene rings is 2. The third-order valence-corrected chi connectivity index (χ3v) is 12.8. The Balaban J connectivity index is 1.40. The minimum Gasteiger partial charge on any atom is -0.490 e. The van der Waals surface area contributed by atoms with Crippen molar-refractivity contribution >= 4 is 33.2 Å². The van der Waals surface area contributed by atoms with Crippen molar-refractivity contribution in [2.24, 2.45) is 23.7 Å². The van der Waals surface area contributed by atoms with Crippen molar-refractivity contribution in [2.45, 2.75) is 88.9 Å². The molecule has 2 aliphatic heterocycles. The van der Waals surface area contributed by atoms with Gasteiger partial charge in [0.2, 0.25) is 10.0 Å². The van der Waals surface area contributed by atoms with Gasteiger partial charge in [-0.15, -0.1) is 0 Å². The first-order valence-corrected chi connectivity index (χ1v) is 18.6. The SMILES string of the molecule is CCCc1cc(Cl)ccc1[C@]1(C)COc2ccc3cc2N(C[C@@H]2CC[C@H]2[C@H](O)/C=C\C[C@H](C)[C@H](CC2CC2)S(=O)(=O)NC3=O)C1. The van der Waals surface area contributed by atoms with Crippen LogP contribution in [0.15, 0.2) is 48.6 Å². The van der Waals surface area contributed by atoms with Crippen molar-refractivity contribution < 1.29 is 23.1 Å². The van der Waals surface area contributed by atoms with E-state index in [1.807, 2.05) is 25.1 Å². The second-order valence-electron chi connectivity index (χ2n) is 14.3. The molecular formula is C36H47ClN2O5S. The second-order valence-corrected chi connectivity index (χ2v) is 16.6. The van der Waals surface area contributed by atoms with E-state index >= 15 is 0 Å². The van der Waals surface area contributed by atoms with E-state index in [0.29, 0.717) is 54.8 Å². The van der Waals surface area contributed by atoms with E-state index < -0.39 is 27.3 Å². The van der Waals surface area contributed by atoms with Crippen LogP contribution < -0.4 is 14.4 Å². The predicted molar refractivity (Wildman–Crippen MR) is 180 cm³/mol. The normalized spacial score (nSPS) is 32.3. The van der Waals surface area contributed by atoms with Gasteiger partial charge in [0.25, 0.3) is 5.91 Å². The van der Waals surface area contributed by atoms with Crippen LogP contribution in [0.2, 0.25) is 5.02 Å². The lowest BCUT2D eigenvalue weighted by Gasteiger charge is -2.44. The highest BCUT2D eigenvalue weighted by molar-refractivity contribution is 7.90. The Kier molecular flexibility index (Phi) is 9.30. The van der Waals surface area contributed by atoms with Gasteiger partial charge in [-0.2, -0.15) is 0 Å². The number of halogens is 1. The maximum Gasteiger partial charge on any atom is 0.264 e. The molecule has 2 aliphatic carbocycles. The molecule has 6 rings (SSSR count). The van der Waals surface area contributed by atoms with E-state index in [0.717, 1.165) is 44.2 Å². The molecule has 0 unspecified atom stereocenters. The monoisotopic (exact) mass is 654 g/mol. The molecule has 2 saturated carbocycles. The summed E-state index contributed by atoms with van der Waals surface area (Å²) in [6.45, 7) is 8.09. The summed E-state index contributed by atoms with van der Waals surface area (Å²) in [6, 6.07) is 11.4. The maximum absolute atomic E-state index is 13.7. The summed E-state index contributed by atoms with van der Waals surface area (Å²) < 4.78 is 36.4. The third kappa shape index (κ3) is 6.93. The Morgan fingerprint density at radius 1 is 1.13 bits per heavy atom. The van der Waals surface area contributed by atoms with Crippen LogP contribution in [0.1, 0.15) is 87.2 Å². The number of rotatable bonds is 5. The third-order valence-electron chi connectivity index (χ3n) is 10.6. The highest BCUT2D eigenvalue weighted by atomic mass is 35.5. The van der Waals surface area contributed by atoms with Crippen molar-refractivity contribution in [3.05, 3.63) is 70.3 Å². The smallest absolute Gasteiger partial charge is 0.264 e. The van der Waals surface area contributed by atoms with Gasteiger partial charge in [0, 0.05) is 29.1 Å². The van der Waals surface area contributed by atoms with Gasteiger partial charge in [-0.25, -0.2) is 13.1 Å². The molecule has 4 aliphatic rings. The molecule has 0 saturated heterocycles. The van der Waals surface area contributed by atoms with Crippen LogP contribution in [-0.4, -0.2) is 50.5 Å². The Morgan fingerprint density at radius 2 is 1.93 bits per heavy atom. The molecule has 0 spiro atoms. The molecule has 2 fully saturated rings. The number of carbonyl (C=O) groups is 1. The van der Waals surface area contributed by atoms with Gasteiger partial charge in [-0.3, -0.25) is 4.79 Å². The number of aliphatic hydroxyl groups is 1. The Bertz CT molecular complexity index is 1560. The summed E-state index contributed by atoms with van der Waals surface area (Å²) in [7, 11) is -3.94. The molecular weight excluding hydrogens is 608 g/mol. The quantitative estimate of drug-likeness (QED) is 0.350. The summed E-state index contributed by atoms with van der Waals surface area (Å²) >= 11 is 6.44. The number of allylic oxidation sites excluding steroid dienone is 1. The zero-order valence-electron chi connectivity index (χ0n) is 26.7. The van der Waals surface area contributed by atoms with Crippen LogP contribution >= 0.6 is 11.6 Å². The average molecular weight is 655 g/mol. The Hall–Kier alpha value is -2.55. The Morgan fingerprint density at radius 3 is 2.64 bits per heavy atom. The summed E-state index contributed by atoms with van der Waals surface area (Å²) in [5.74, 6) is 0.634. The maximum atomic E-state index is 13.7. The summed E-state index contributed by atoms with van der Waals surface area (Å²) in [5, 5.41) is 11.3. The minimum atomic E-state index is -3.94. The van der Waals surface area contributed by atoms with Crippen LogP contribution in [0.3, 0.4) is 0 Å². The van der Waals surface area contributed by atoms with Crippen molar-refractivity contribution in [1.82, 2.24) is 4.72 Å². The van der Waals surface area contributed by atoms with Crippen molar-refractivity contribution in [3.8, 4) is 5.75 Å². The van der Waals surface area contributed by atoms with Gasteiger partial charge < -0.3 is 14.7 Å². The molecule has 0 aromatic heterocycles. The number of amides is 1. The Labute approximate surface area is 273 Å². The lowest BCUT2D eigenvalue weighted by Crippen LogP contribution is -2.47. The molecule has 2 heterocycles. The van der Waals surface area contributed by atoms with E-state index in [4.69, 9.17) is 16.3 Å². The van der Waals surface area contributed by atoms with Gasteiger partial charge >= 0.3 is 0 Å². The summed E-state index contributed by atoms with van der Waals surface area (Å²) in [5.41, 5.74) is 3.09. The van der Waals surface area contributed by atoms with E-state index in [9.17, 15) is 18.3 Å². The number of anilines is 1. The number of aryl methyl sites for hydroxylation is 1. The number of ether oxygens (including phenoxy) is 1. The topological polar surface area (TPSA) is 95.9 Å². The fourth-order valence-corrected chi connectivity index (χ4v) is 9.63. The lowest BCUT2D eigenvalue weighted by molar-refractivity contribution is 0.0457. The number of nitrogens with one attached hydrogen (secondary N) is 1. The molecule has 2 bridgehead atoms. The minimum absolute atomic E-state index is 0.118. The number of carbonyl (C=O) groups excluding carboxylic acids is 1. The predicted octanol–water partition coefficient (Wildman–Crippen LogP) is 6.66. The molecule has 7 nitrogen and oxygen atoms in total. The first-order valence-electron chi connectivity index (χ1n) is 16.7. The fraction of sp³-hybridized carbons (Fsp3) is 0.583. The van der Waals surface area contributed by atoms with E-state index in [1.165, 1.54) is 11.1 Å². The zero-order chi connectivity index (χ0) is 31.9. The molecule has 244 valence electrons. The molecule has 45 heavy (non-hydrogen) atoms. The molecule has 6 atom stereocenters. The molecule has 1 amide bonds. The van der Waals surface area contributed by atoms with E-state index in [2.05, 4.69) is 35.6 Å². The molecule has 2 aromatic rings. The standard InChI is InChI=1S/C36H47ClN2O5S/c1-4-6-25-18-28(37)13-15-30(25)36(3)21-39-20-27-11-14-29(27)32(40)8-5-7-23(2)34(17-24-9-10-24)45(42,43)38-35(41)26-12-16-33(44-22-36)31(39)19-26/h5,8,12-13,15-16,18-19,23-24,27,29,32,34,40H,4,6-7,9-11,14,17,20-22H2,1-3H3,(H,38,41)/b8-5-/t23-,27-,29+,32+,34-,36-/m0/s1. The largest absolute Gasteiger partial charge is 0.490 e. The van der Waals surface area contributed by atoms with Gasteiger partial charge in [-0.1, -0.05) is 69.9 Å². The highest BCUT2D eigenvalue weighted by Crippen LogP contribution is 2.44. The van der Waals surface area contributed by atoms with Crippen molar-refractivity contribution in [1.29, 1.82) is 0 Å². The molecule has 2 N–H and O–H groups in total. The summed E-state index contributed by atoms with van der Waals surface area (Å²) in [6.07, 6.45) is 10.2. The lowest BCUT2D eigenvalue weighted by atomic mass is 9.70. The first-order chi connectivity index (χ1) is 21.5. The number of sulfonamides is 1. The number of hydrogen-bond acceptors (Lipinski definition) is 6. The van der Waals surface area contributed by atoms with Crippen LogP contribution in [0.4, 0.5) is 5.69 Å². The van der Waals surface area contributed by atoms with Crippen LogP contribution in [0.25, 0.3) is 0 Å². The van der Waals surface area contributed by atoms with Gasteiger partial charge in [0.1, 0.15) is 5.75 Å².